The predicted molar refractivity (Wildman–Crippen MR) is 228 cm³/mol. The third-order valence-electron chi connectivity index (χ3n) is 9.63. The van der Waals surface area contributed by atoms with Gasteiger partial charge < -0.3 is 0 Å². The van der Waals surface area contributed by atoms with Gasteiger partial charge in [-0.05, 0) is 0 Å². The van der Waals surface area contributed by atoms with Crippen LogP contribution in [-0.4, -0.2) is 48.3 Å². The molecule has 0 saturated carbocycles. The predicted octanol–water partition coefficient (Wildman–Crippen LogP) is 14.9. The zero-order valence-electron chi connectivity index (χ0n) is 31.7. The first kappa shape index (κ1) is 41.9. The number of fused-ring (bicyclic) bond motifs is 2. The number of rotatable bonds is 24. The molecule has 0 fully saturated rings. The molecule has 0 aliphatic rings. The van der Waals surface area contributed by atoms with Crippen LogP contribution in [0.25, 0.3) is 20.2 Å². The van der Waals surface area contributed by atoms with Crippen LogP contribution in [0.3, 0.4) is 0 Å². The van der Waals surface area contributed by atoms with E-state index in [-0.39, 0.29) is 0 Å². The molecule has 0 spiro atoms. The molecule has 6 heteroatoms. The van der Waals surface area contributed by atoms with Crippen molar-refractivity contribution in [1.29, 1.82) is 0 Å². The summed E-state index contributed by atoms with van der Waals surface area (Å²) in [5.74, 6) is 4.31. The monoisotopic (exact) mass is 918 g/mol. The number of thioether (sulfide) groups is 2. The van der Waals surface area contributed by atoms with Crippen molar-refractivity contribution in [2.45, 2.75) is 170 Å². The fourth-order valence-corrected chi connectivity index (χ4v) is 22.4. The number of hydrogen-bond donors (Lipinski definition) is 0. The Morgan fingerprint density at radius 2 is 0.848 bits per heavy atom. The van der Waals surface area contributed by atoms with Gasteiger partial charge in [-0.3, -0.25) is 0 Å². The molecule has 0 radical (unpaired) electrons. The van der Waals surface area contributed by atoms with Gasteiger partial charge in [0.05, 0.1) is 0 Å². The van der Waals surface area contributed by atoms with Crippen LogP contribution in [0, 0.1) is 11.8 Å². The molecule has 0 N–H and O–H groups in total. The molecule has 3 rings (SSSR count). The Hall–Kier alpha value is 1.44. The van der Waals surface area contributed by atoms with Gasteiger partial charge in [0.1, 0.15) is 0 Å². The van der Waals surface area contributed by atoms with Gasteiger partial charge in [0.25, 0.3) is 0 Å². The van der Waals surface area contributed by atoms with E-state index >= 15 is 0 Å². The van der Waals surface area contributed by atoms with Gasteiger partial charge in [-0.25, -0.2) is 0 Å². The quantitative estimate of drug-likeness (QED) is 0.0499. The first-order valence-corrected chi connectivity index (χ1v) is 42.8. The van der Waals surface area contributed by atoms with Crippen molar-refractivity contribution < 1.29 is 0 Å². The third kappa shape index (κ3) is 12.9. The summed E-state index contributed by atoms with van der Waals surface area (Å²) in [4.78, 5) is 19.1. The molecular formula is C40H70S4Sn2. The molecule has 0 amide bonds. The summed E-state index contributed by atoms with van der Waals surface area (Å²) >= 11 is 4.49. The zero-order chi connectivity index (χ0) is 33.7. The molecule has 2 aromatic heterocycles. The number of hydrogen-bond acceptors (Lipinski definition) is 4. The topological polar surface area (TPSA) is 0 Å². The summed E-state index contributed by atoms with van der Waals surface area (Å²) in [6.07, 6.45) is 22.3. The Labute approximate surface area is 311 Å². The van der Waals surface area contributed by atoms with Gasteiger partial charge in [-0.2, -0.15) is 0 Å². The molecule has 0 saturated heterocycles. The van der Waals surface area contributed by atoms with Crippen LogP contribution >= 0.6 is 46.2 Å². The molecule has 2 unspecified atom stereocenters. The van der Waals surface area contributed by atoms with Crippen LogP contribution in [0.2, 0.25) is 29.6 Å². The van der Waals surface area contributed by atoms with Crippen molar-refractivity contribution in [2.24, 2.45) is 11.8 Å². The Balaban J connectivity index is 2.08. The summed E-state index contributed by atoms with van der Waals surface area (Å²) in [6.45, 7) is 9.44. The van der Waals surface area contributed by atoms with E-state index in [0.29, 0.717) is 0 Å². The Morgan fingerprint density at radius 3 is 1.17 bits per heavy atom. The summed E-state index contributed by atoms with van der Waals surface area (Å²) in [6, 6.07) is 5.45. The molecule has 0 aliphatic carbocycles. The summed E-state index contributed by atoms with van der Waals surface area (Å²) < 4.78 is 6.85. The second-order valence-corrected chi connectivity index (χ2v) is 51.2. The molecule has 2 atom stereocenters. The Kier molecular flexibility index (Phi) is 19.2. The van der Waals surface area contributed by atoms with E-state index in [1.807, 2.05) is 0 Å². The molecule has 46 heavy (non-hydrogen) atoms. The van der Waals surface area contributed by atoms with Crippen LogP contribution in [0.5, 0.6) is 0 Å². The van der Waals surface area contributed by atoms with Crippen molar-refractivity contribution in [3.8, 4) is 0 Å². The van der Waals surface area contributed by atoms with Crippen molar-refractivity contribution in [3.63, 3.8) is 0 Å². The molecular weight excluding hydrogens is 846 g/mol. The van der Waals surface area contributed by atoms with E-state index in [1.54, 1.807) is 35.7 Å². The van der Waals surface area contributed by atoms with Crippen LogP contribution in [0.15, 0.2) is 21.9 Å². The van der Waals surface area contributed by atoms with E-state index in [4.69, 9.17) is 0 Å². The molecule has 0 bridgehead atoms. The van der Waals surface area contributed by atoms with Gasteiger partial charge in [-0.15, -0.1) is 0 Å². The van der Waals surface area contributed by atoms with Crippen LogP contribution in [0.1, 0.15) is 130 Å². The SMILES string of the molecule is CCCCCCC(CCCC)CSc1c2c[c]([Sn]([CH3])([CH3])[CH3])sc2c(SCC(CCCC)CCCCCC)c2c[c]([Sn]([CH3])([CH3])[CH3])sc12. The summed E-state index contributed by atoms with van der Waals surface area (Å²) in [5, 5.41) is 3.27. The first-order valence-electron chi connectivity index (χ1n) is 19.2. The molecule has 1 aromatic carbocycles. The third-order valence-corrected chi connectivity index (χ3v) is 33.8. The van der Waals surface area contributed by atoms with Gasteiger partial charge >= 0.3 is 300 Å². The molecule has 3 aromatic rings. The average molecular weight is 917 g/mol. The Bertz CT molecular complexity index is 1140. The molecule has 0 aliphatic heterocycles. The molecule has 262 valence electrons. The maximum atomic E-state index is 2.73. The van der Waals surface area contributed by atoms with E-state index in [2.05, 4.69) is 116 Å². The summed E-state index contributed by atoms with van der Waals surface area (Å²) in [5.41, 5.74) is 0. The minimum absolute atomic E-state index is 0.856. The fourth-order valence-electron chi connectivity index (χ4n) is 6.46. The molecule has 0 nitrogen and oxygen atoms in total. The number of thiophene rings is 2. The van der Waals surface area contributed by atoms with Gasteiger partial charge in [0.2, 0.25) is 0 Å². The van der Waals surface area contributed by atoms with Gasteiger partial charge in [0, 0.05) is 0 Å². The second kappa shape index (κ2) is 21.1. The fraction of sp³-hybridized carbons (Fsp3) is 0.750. The van der Waals surface area contributed by atoms with Crippen LogP contribution < -0.4 is 5.79 Å². The molecule has 2 heterocycles. The maximum absolute atomic E-state index is 2.73. The van der Waals surface area contributed by atoms with E-state index in [9.17, 15) is 0 Å². The van der Waals surface area contributed by atoms with Gasteiger partial charge in [-0.1, -0.05) is 13.8 Å². The zero-order valence-corrected chi connectivity index (χ0v) is 40.6. The Morgan fingerprint density at radius 1 is 0.500 bits per heavy atom. The van der Waals surface area contributed by atoms with Crippen molar-refractivity contribution in [1.82, 2.24) is 0 Å². The van der Waals surface area contributed by atoms with Crippen LogP contribution in [0.4, 0.5) is 0 Å². The number of benzene rings is 1. The van der Waals surface area contributed by atoms with E-state index < -0.39 is 36.8 Å². The standard InChI is InChI=1S/C34H52S4.6CH3.2Sn/c1-5-9-13-15-19-27(17-11-7-3)25-37-33-29-21-23-36-32(29)34(30-22-24-35-31(30)33)38-26-28(18-12-8-4)20-16-14-10-6-2;;;;;;;;/h21-22,27-28H,5-20,25-26H2,1-4H3;6*1H3;;. The van der Waals surface area contributed by atoms with Gasteiger partial charge in [0.15, 0.2) is 0 Å². The second-order valence-electron chi connectivity index (χ2n) is 16.2. The first-order chi connectivity index (χ1) is 21.9. The normalized spacial score (nSPS) is 14.1. The van der Waals surface area contributed by atoms with Crippen molar-refractivity contribution in [3.05, 3.63) is 12.1 Å². The summed E-state index contributed by atoms with van der Waals surface area (Å²) in [7, 11) is 0. The average Bonchev–Trinajstić information content (AvgIpc) is 3.65. The van der Waals surface area contributed by atoms with E-state index in [0.717, 1.165) is 11.8 Å². The number of unbranched alkanes of at least 4 members (excludes halogenated alkanes) is 8. The van der Waals surface area contributed by atoms with Crippen molar-refractivity contribution >= 4 is 109 Å². The van der Waals surface area contributed by atoms with Crippen LogP contribution in [-0.2, 0) is 0 Å². The minimum atomic E-state index is -2.24. The van der Waals surface area contributed by atoms with E-state index in [1.165, 1.54) is 114 Å². The van der Waals surface area contributed by atoms with Crippen molar-refractivity contribution in [2.75, 3.05) is 11.5 Å².